The maximum absolute atomic E-state index is 10.0. The van der Waals surface area contributed by atoms with Gasteiger partial charge in [0.2, 0.25) is 0 Å². The molecule has 1 aliphatic rings. The van der Waals surface area contributed by atoms with E-state index in [-0.39, 0.29) is 12.7 Å². The summed E-state index contributed by atoms with van der Waals surface area (Å²) in [4.78, 5) is 0. The zero-order valence-electron chi connectivity index (χ0n) is 16.7. The first-order valence-corrected chi connectivity index (χ1v) is 10.2. The van der Waals surface area contributed by atoms with Crippen LogP contribution in [-0.4, -0.2) is 90.3 Å². The Labute approximate surface area is 162 Å². The predicted octanol–water partition coefficient (Wildman–Crippen LogP) is 0.585. The summed E-state index contributed by atoms with van der Waals surface area (Å²) in [6.45, 7) is 5.50. The summed E-state index contributed by atoms with van der Waals surface area (Å²) >= 11 is 0. The number of hydrogen-bond donors (Lipinski definition) is 4. The van der Waals surface area contributed by atoms with Crippen molar-refractivity contribution in [3.63, 3.8) is 0 Å². The van der Waals surface area contributed by atoms with Gasteiger partial charge in [0, 0.05) is 13.2 Å². The van der Waals surface area contributed by atoms with Gasteiger partial charge in [0.1, 0.15) is 30.5 Å². The summed E-state index contributed by atoms with van der Waals surface area (Å²) < 4.78 is 22.4. The van der Waals surface area contributed by atoms with E-state index in [1.165, 1.54) is 0 Å². The Morgan fingerprint density at radius 2 is 1.52 bits per heavy atom. The van der Waals surface area contributed by atoms with Crippen LogP contribution in [0.5, 0.6) is 0 Å². The zero-order chi connectivity index (χ0) is 20.1. The van der Waals surface area contributed by atoms with Gasteiger partial charge < -0.3 is 39.4 Å². The lowest BCUT2D eigenvalue weighted by Crippen LogP contribution is -2.59. The minimum absolute atomic E-state index is 0.114. The molecule has 1 heterocycles. The molecule has 0 bridgehead atoms. The van der Waals surface area contributed by atoms with Gasteiger partial charge in [-0.25, -0.2) is 0 Å². The normalized spacial score (nSPS) is 29.8. The third-order valence-corrected chi connectivity index (χ3v) is 4.59. The fourth-order valence-electron chi connectivity index (χ4n) is 2.82. The van der Waals surface area contributed by atoms with E-state index < -0.39 is 37.3 Å². The highest BCUT2D eigenvalue weighted by Crippen LogP contribution is 2.22. The largest absolute Gasteiger partial charge is 0.394 e. The topological polar surface area (TPSA) is 118 Å². The summed E-state index contributed by atoms with van der Waals surface area (Å²) in [6.07, 6.45) is -0.349. The second-order valence-electron chi connectivity index (χ2n) is 7.01. The van der Waals surface area contributed by atoms with E-state index in [4.69, 9.17) is 18.9 Å². The van der Waals surface area contributed by atoms with Crippen LogP contribution in [0.4, 0.5) is 0 Å². The van der Waals surface area contributed by atoms with Crippen molar-refractivity contribution in [2.24, 2.45) is 0 Å². The highest BCUT2D eigenvalue weighted by molar-refractivity contribution is 4.88. The number of unbranched alkanes of at least 4 members (excludes halogenated alkanes) is 4. The molecule has 1 aliphatic heterocycles. The Bertz CT molecular complexity index is 355. The molecule has 162 valence electrons. The van der Waals surface area contributed by atoms with Crippen LogP contribution in [0.3, 0.4) is 0 Å². The second kappa shape index (κ2) is 14.6. The number of hydrogen-bond acceptors (Lipinski definition) is 8. The van der Waals surface area contributed by atoms with E-state index in [0.717, 1.165) is 38.5 Å². The molecule has 0 unspecified atom stereocenters. The van der Waals surface area contributed by atoms with Gasteiger partial charge in [0.25, 0.3) is 0 Å². The highest BCUT2D eigenvalue weighted by atomic mass is 16.7. The van der Waals surface area contributed by atoms with Crippen molar-refractivity contribution in [3.05, 3.63) is 0 Å². The third-order valence-electron chi connectivity index (χ3n) is 4.59. The van der Waals surface area contributed by atoms with Gasteiger partial charge in [0.15, 0.2) is 6.29 Å². The number of aliphatic hydroxyl groups excluding tert-OH is 4. The van der Waals surface area contributed by atoms with E-state index in [0.29, 0.717) is 19.8 Å². The molecular weight excluding hydrogens is 356 g/mol. The zero-order valence-corrected chi connectivity index (χ0v) is 16.7. The van der Waals surface area contributed by atoms with Crippen molar-refractivity contribution in [2.75, 3.05) is 33.0 Å². The summed E-state index contributed by atoms with van der Waals surface area (Å²) in [5, 5.41) is 38.9. The molecule has 0 aromatic carbocycles. The molecule has 0 amide bonds. The summed E-state index contributed by atoms with van der Waals surface area (Å²) in [6, 6.07) is 0. The average Bonchev–Trinajstić information content (AvgIpc) is 2.68. The van der Waals surface area contributed by atoms with Gasteiger partial charge >= 0.3 is 0 Å². The maximum Gasteiger partial charge on any atom is 0.186 e. The predicted molar refractivity (Wildman–Crippen MR) is 99.3 cm³/mol. The Balaban J connectivity index is 2.46. The second-order valence-corrected chi connectivity index (χ2v) is 7.01. The van der Waals surface area contributed by atoms with E-state index in [1.807, 2.05) is 0 Å². The molecule has 6 atom stereocenters. The van der Waals surface area contributed by atoms with Crippen LogP contribution in [0, 0.1) is 0 Å². The van der Waals surface area contributed by atoms with Crippen LogP contribution in [0.25, 0.3) is 0 Å². The van der Waals surface area contributed by atoms with Crippen molar-refractivity contribution in [1.29, 1.82) is 0 Å². The van der Waals surface area contributed by atoms with Crippen molar-refractivity contribution < 1.29 is 39.4 Å². The molecule has 8 heteroatoms. The fraction of sp³-hybridized carbons (Fsp3) is 1.00. The van der Waals surface area contributed by atoms with Gasteiger partial charge in [0.05, 0.1) is 19.8 Å². The minimum atomic E-state index is -1.45. The fourth-order valence-corrected chi connectivity index (χ4v) is 2.82. The molecular formula is C19H38O8. The van der Waals surface area contributed by atoms with Gasteiger partial charge in [-0.1, -0.05) is 39.5 Å². The monoisotopic (exact) mass is 394 g/mol. The van der Waals surface area contributed by atoms with Gasteiger partial charge in [-0.05, 0) is 12.8 Å². The maximum atomic E-state index is 10.0. The van der Waals surface area contributed by atoms with E-state index in [2.05, 4.69) is 13.8 Å². The van der Waals surface area contributed by atoms with Gasteiger partial charge in [-0.15, -0.1) is 0 Å². The lowest BCUT2D eigenvalue weighted by atomic mass is 9.99. The Morgan fingerprint density at radius 1 is 0.852 bits per heavy atom. The molecule has 0 saturated carbocycles. The lowest BCUT2D eigenvalue weighted by Gasteiger charge is -2.39. The first-order valence-electron chi connectivity index (χ1n) is 10.2. The van der Waals surface area contributed by atoms with E-state index in [9.17, 15) is 20.4 Å². The molecule has 8 nitrogen and oxygen atoms in total. The third kappa shape index (κ3) is 9.15. The van der Waals surface area contributed by atoms with Crippen LogP contribution < -0.4 is 0 Å². The standard InChI is InChI=1S/C19H38O8/c1-3-5-7-9-24-12-14(25-10-8-6-4-2)13-26-19-18(23)17(22)16(21)15(11-20)27-19/h14-23H,3-13H2,1-2H3/t14-,15-,16+,17+,18-,19-/m1/s1. The Kier molecular flexibility index (Phi) is 13.4. The molecule has 0 radical (unpaired) electrons. The Morgan fingerprint density at radius 3 is 2.15 bits per heavy atom. The molecule has 1 saturated heterocycles. The van der Waals surface area contributed by atoms with Crippen LogP contribution >= 0.6 is 0 Å². The molecule has 27 heavy (non-hydrogen) atoms. The van der Waals surface area contributed by atoms with Crippen LogP contribution in [-0.2, 0) is 18.9 Å². The van der Waals surface area contributed by atoms with Crippen LogP contribution in [0.1, 0.15) is 52.4 Å². The van der Waals surface area contributed by atoms with Crippen molar-refractivity contribution in [1.82, 2.24) is 0 Å². The molecule has 0 aromatic heterocycles. The molecule has 0 spiro atoms. The lowest BCUT2D eigenvalue weighted by molar-refractivity contribution is -0.306. The van der Waals surface area contributed by atoms with E-state index >= 15 is 0 Å². The van der Waals surface area contributed by atoms with Crippen molar-refractivity contribution >= 4 is 0 Å². The number of ether oxygens (including phenoxy) is 4. The number of rotatable bonds is 15. The SMILES string of the molecule is CCCCCOC[C@H](CO[C@@H]1O[C@H](CO)[C@H](O)[C@H](O)[C@H]1O)OCCCCC. The molecule has 4 N–H and O–H groups in total. The Hall–Kier alpha value is -0.320. The summed E-state index contributed by atoms with van der Waals surface area (Å²) in [5.74, 6) is 0. The van der Waals surface area contributed by atoms with Crippen LogP contribution in [0.2, 0.25) is 0 Å². The van der Waals surface area contributed by atoms with Gasteiger partial charge in [-0.2, -0.15) is 0 Å². The van der Waals surface area contributed by atoms with Crippen LogP contribution in [0.15, 0.2) is 0 Å². The molecule has 0 aromatic rings. The smallest absolute Gasteiger partial charge is 0.186 e. The first kappa shape index (κ1) is 24.7. The van der Waals surface area contributed by atoms with Gasteiger partial charge in [-0.3, -0.25) is 0 Å². The van der Waals surface area contributed by atoms with Crippen molar-refractivity contribution in [2.45, 2.75) is 89.2 Å². The first-order chi connectivity index (χ1) is 13.0. The molecule has 1 fully saturated rings. The molecule has 1 rings (SSSR count). The quantitative estimate of drug-likeness (QED) is 0.298. The summed E-state index contributed by atoms with van der Waals surface area (Å²) in [7, 11) is 0. The minimum Gasteiger partial charge on any atom is -0.394 e. The van der Waals surface area contributed by atoms with Crippen molar-refractivity contribution in [3.8, 4) is 0 Å². The average molecular weight is 395 g/mol. The number of aliphatic hydroxyl groups is 4. The summed E-state index contributed by atoms with van der Waals surface area (Å²) in [5.41, 5.74) is 0. The molecule has 0 aliphatic carbocycles. The highest BCUT2D eigenvalue weighted by Gasteiger charge is 2.44. The van der Waals surface area contributed by atoms with E-state index in [1.54, 1.807) is 0 Å².